The number of rotatable bonds is 46. The average Bonchev–Trinajstić information content (AvgIpc) is 3.28. The monoisotopic (exact) mass is 877 g/mol. The molecule has 0 saturated carbocycles. The van der Waals surface area contributed by atoms with Gasteiger partial charge >= 0.3 is 17.9 Å². The van der Waals surface area contributed by atoms with Crippen LogP contribution in [0.2, 0.25) is 0 Å². The van der Waals surface area contributed by atoms with Crippen LogP contribution in [0.25, 0.3) is 0 Å². The first-order valence-corrected chi connectivity index (χ1v) is 26.1. The first kappa shape index (κ1) is 59.6. The highest BCUT2D eigenvalue weighted by molar-refractivity contribution is 5.71. The van der Waals surface area contributed by atoms with E-state index in [0.717, 1.165) is 89.9 Å². The Morgan fingerprint density at radius 1 is 0.317 bits per heavy atom. The molecule has 6 heteroatoms. The molecule has 0 aromatic rings. The zero-order valence-electron chi connectivity index (χ0n) is 41.1. The number of carbonyl (C=O) groups excluding carboxylic acids is 3. The van der Waals surface area contributed by atoms with Crippen molar-refractivity contribution in [2.75, 3.05) is 13.2 Å². The van der Waals surface area contributed by atoms with Crippen LogP contribution < -0.4 is 0 Å². The van der Waals surface area contributed by atoms with Gasteiger partial charge in [0.2, 0.25) is 0 Å². The molecule has 0 spiro atoms. The fourth-order valence-electron chi connectivity index (χ4n) is 6.86. The van der Waals surface area contributed by atoms with Gasteiger partial charge in [-0.15, -0.1) is 0 Å². The molecule has 0 aliphatic heterocycles. The second kappa shape index (κ2) is 51.2. The van der Waals surface area contributed by atoms with Gasteiger partial charge in [-0.2, -0.15) is 0 Å². The van der Waals surface area contributed by atoms with Crippen molar-refractivity contribution in [1.29, 1.82) is 0 Å². The molecule has 0 N–H and O–H groups in total. The zero-order valence-corrected chi connectivity index (χ0v) is 41.1. The molecule has 6 nitrogen and oxygen atoms in total. The second-order valence-electron chi connectivity index (χ2n) is 17.1. The lowest BCUT2D eigenvalue weighted by atomic mass is 10.1. The number of hydrogen-bond donors (Lipinski definition) is 0. The molecule has 0 rings (SSSR count). The summed E-state index contributed by atoms with van der Waals surface area (Å²) in [5.41, 5.74) is 0. The minimum Gasteiger partial charge on any atom is -0.462 e. The van der Waals surface area contributed by atoms with Crippen LogP contribution >= 0.6 is 0 Å². The lowest BCUT2D eigenvalue weighted by Gasteiger charge is -2.18. The van der Waals surface area contributed by atoms with Gasteiger partial charge in [0, 0.05) is 19.3 Å². The fourth-order valence-corrected chi connectivity index (χ4v) is 6.86. The zero-order chi connectivity index (χ0) is 45.8. The Hall–Kier alpha value is -3.41. The van der Waals surface area contributed by atoms with Crippen LogP contribution in [0.4, 0.5) is 0 Å². The van der Waals surface area contributed by atoms with Gasteiger partial charge < -0.3 is 14.2 Å². The first-order chi connectivity index (χ1) is 31.0. The minimum absolute atomic E-state index is 0.102. The fraction of sp³-hybridized carbons (Fsp3) is 0.702. The molecule has 1 unspecified atom stereocenters. The van der Waals surface area contributed by atoms with E-state index in [9.17, 15) is 14.4 Å². The Labute approximate surface area is 388 Å². The summed E-state index contributed by atoms with van der Waals surface area (Å²) in [5.74, 6) is -0.979. The summed E-state index contributed by atoms with van der Waals surface area (Å²) in [7, 11) is 0. The molecule has 0 aliphatic rings. The summed E-state index contributed by atoms with van der Waals surface area (Å²) in [5, 5.41) is 0. The SMILES string of the molecule is CCCC/C=C\CCCCCCCC(=O)OCC(COC(=O)CCC/C=C\C/C=C\C/C=C\C/C=C\CCCCC)OC(=O)CCCCCCCCC/C=C\C/C=C\CCCCC. The number of esters is 3. The van der Waals surface area contributed by atoms with E-state index in [4.69, 9.17) is 14.2 Å². The number of ether oxygens (including phenoxy) is 3. The van der Waals surface area contributed by atoms with Gasteiger partial charge in [0.05, 0.1) is 0 Å². The highest BCUT2D eigenvalue weighted by Crippen LogP contribution is 2.13. The Morgan fingerprint density at radius 2 is 0.603 bits per heavy atom. The van der Waals surface area contributed by atoms with Crippen LogP contribution in [0.15, 0.2) is 85.1 Å². The third-order valence-electron chi connectivity index (χ3n) is 10.8. The van der Waals surface area contributed by atoms with Crippen LogP contribution in [0.5, 0.6) is 0 Å². The third-order valence-corrected chi connectivity index (χ3v) is 10.8. The van der Waals surface area contributed by atoms with Crippen LogP contribution in [0.1, 0.15) is 239 Å². The molecule has 0 aromatic heterocycles. The lowest BCUT2D eigenvalue weighted by molar-refractivity contribution is -0.167. The standard InChI is InChI=1S/C57H96O6/c1-4-7-10-13-16-19-22-24-26-28-30-32-35-38-41-44-47-50-56(59)62-53-54(52-61-55(58)49-46-43-40-37-34-21-18-15-12-9-6-3)63-57(60)51-48-45-42-39-36-33-31-29-27-25-23-20-17-14-11-8-5-2/h15-20,24-27,30,32,38,41,54H,4-14,21-23,28-29,31,33-37,39-40,42-53H2,1-3H3/b18-15-,19-16-,20-17-,26-24-,27-25-,32-30-,41-38-. The van der Waals surface area contributed by atoms with Crippen LogP contribution in [0, 0.1) is 0 Å². The van der Waals surface area contributed by atoms with Gasteiger partial charge in [0.1, 0.15) is 13.2 Å². The molecule has 0 aromatic carbocycles. The summed E-state index contributed by atoms with van der Waals surface area (Å²) in [6.45, 7) is 6.48. The smallest absolute Gasteiger partial charge is 0.306 e. The molecule has 0 heterocycles. The van der Waals surface area contributed by atoms with Gasteiger partial charge in [-0.05, 0) is 109 Å². The van der Waals surface area contributed by atoms with Crippen molar-refractivity contribution in [2.24, 2.45) is 0 Å². The highest BCUT2D eigenvalue weighted by Gasteiger charge is 2.19. The van der Waals surface area contributed by atoms with E-state index >= 15 is 0 Å². The number of carbonyl (C=O) groups is 3. The van der Waals surface area contributed by atoms with Crippen molar-refractivity contribution in [2.45, 2.75) is 245 Å². The molecular weight excluding hydrogens is 781 g/mol. The first-order valence-electron chi connectivity index (χ1n) is 26.1. The summed E-state index contributed by atoms with van der Waals surface area (Å²) in [6.07, 6.45) is 65.7. The van der Waals surface area contributed by atoms with Crippen molar-refractivity contribution in [1.82, 2.24) is 0 Å². The van der Waals surface area contributed by atoms with E-state index in [2.05, 4.69) is 106 Å². The molecular formula is C57H96O6. The molecule has 0 fully saturated rings. The maximum absolute atomic E-state index is 12.8. The normalized spacial score (nSPS) is 12.7. The van der Waals surface area contributed by atoms with Gasteiger partial charge in [-0.1, -0.05) is 196 Å². The maximum Gasteiger partial charge on any atom is 0.306 e. The topological polar surface area (TPSA) is 78.9 Å². The van der Waals surface area contributed by atoms with E-state index in [1.807, 2.05) is 0 Å². The number of hydrogen-bond acceptors (Lipinski definition) is 6. The number of unbranched alkanes of at least 4 members (excludes halogenated alkanes) is 21. The summed E-state index contributed by atoms with van der Waals surface area (Å²) >= 11 is 0. The van der Waals surface area contributed by atoms with Crippen molar-refractivity contribution in [3.8, 4) is 0 Å². The summed E-state index contributed by atoms with van der Waals surface area (Å²) in [4.78, 5) is 37.9. The van der Waals surface area contributed by atoms with Gasteiger partial charge in [0.15, 0.2) is 6.10 Å². The van der Waals surface area contributed by atoms with Crippen LogP contribution in [0.3, 0.4) is 0 Å². The minimum atomic E-state index is -0.805. The molecule has 0 amide bonds. The molecule has 0 saturated heterocycles. The quantitative estimate of drug-likeness (QED) is 0.0262. The van der Waals surface area contributed by atoms with Gasteiger partial charge in [-0.3, -0.25) is 14.4 Å². The predicted octanol–water partition coefficient (Wildman–Crippen LogP) is 17.2. The van der Waals surface area contributed by atoms with Crippen molar-refractivity contribution >= 4 is 17.9 Å². The van der Waals surface area contributed by atoms with Gasteiger partial charge in [-0.25, -0.2) is 0 Å². The number of allylic oxidation sites excluding steroid dienone is 14. The van der Waals surface area contributed by atoms with Crippen molar-refractivity contribution in [3.05, 3.63) is 85.1 Å². The average molecular weight is 877 g/mol. The van der Waals surface area contributed by atoms with E-state index in [-0.39, 0.29) is 37.5 Å². The Balaban J connectivity index is 4.48. The van der Waals surface area contributed by atoms with E-state index in [1.165, 1.54) is 103 Å². The van der Waals surface area contributed by atoms with E-state index in [0.29, 0.717) is 19.3 Å². The predicted molar refractivity (Wildman–Crippen MR) is 270 cm³/mol. The van der Waals surface area contributed by atoms with Crippen molar-refractivity contribution in [3.63, 3.8) is 0 Å². The van der Waals surface area contributed by atoms with Gasteiger partial charge in [0.25, 0.3) is 0 Å². The molecule has 0 aliphatic carbocycles. The highest BCUT2D eigenvalue weighted by atomic mass is 16.6. The summed E-state index contributed by atoms with van der Waals surface area (Å²) < 4.78 is 16.7. The maximum atomic E-state index is 12.8. The Bertz CT molecular complexity index is 1240. The summed E-state index contributed by atoms with van der Waals surface area (Å²) in [6, 6.07) is 0. The molecule has 0 radical (unpaired) electrons. The lowest BCUT2D eigenvalue weighted by Crippen LogP contribution is -2.30. The molecule has 360 valence electrons. The Morgan fingerprint density at radius 3 is 1.02 bits per heavy atom. The molecule has 63 heavy (non-hydrogen) atoms. The molecule has 0 bridgehead atoms. The van der Waals surface area contributed by atoms with E-state index in [1.54, 1.807) is 0 Å². The largest absolute Gasteiger partial charge is 0.462 e. The third kappa shape index (κ3) is 49.5. The van der Waals surface area contributed by atoms with Crippen LogP contribution in [-0.2, 0) is 28.6 Å². The van der Waals surface area contributed by atoms with E-state index < -0.39 is 6.10 Å². The van der Waals surface area contributed by atoms with Crippen LogP contribution in [-0.4, -0.2) is 37.2 Å². The Kier molecular flexibility index (Phi) is 48.5. The second-order valence-corrected chi connectivity index (χ2v) is 17.1. The van der Waals surface area contributed by atoms with Crippen molar-refractivity contribution < 1.29 is 28.6 Å². The molecule has 1 atom stereocenters.